The molecule has 0 aromatic heterocycles. The maximum absolute atomic E-state index is 11.3. The van der Waals surface area contributed by atoms with Gasteiger partial charge in [0.1, 0.15) is 0 Å². The van der Waals surface area contributed by atoms with Crippen molar-refractivity contribution >= 4 is 11.8 Å². The topological polar surface area (TPSA) is 84.2 Å². The van der Waals surface area contributed by atoms with E-state index in [1.165, 1.54) is 0 Å². The van der Waals surface area contributed by atoms with Crippen LogP contribution < -0.4 is 16.4 Å². The molecule has 1 saturated carbocycles. The van der Waals surface area contributed by atoms with Gasteiger partial charge in [-0.1, -0.05) is 6.92 Å². The Bertz CT molecular complexity index is 239. The number of nitrogens with two attached hydrogens (primary N) is 1. The van der Waals surface area contributed by atoms with Crippen LogP contribution >= 0.6 is 0 Å². The van der Waals surface area contributed by atoms with Crippen molar-refractivity contribution in [1.29, 1.82) is 0 Å². The van der Waals surface area contributed by atoms with Crippen molar-refractivity contribution in [1.82, 2.24) is 10.6 Å². The summed E-state index contributed by atoms with van der Waals surface area (Å²) in [7, 11) is 0. The van der Waals surface area contributed by atoms with E-state index in [0.29, 0.717) is 19.0 Å². The second-order valence-corrected chi connectivity index (χ2v) is 4.16. The first-order chi connectivity index (χ1) is 7.11. The second kappa shape index (κ2) is 5.70. The third-order valence-electron chi connectivity index (χ3n) is 2.32. The maximum atomic E-state index is 11.3. The summed E-state index contributed by atoms with van der Waals surface area (Å²) in [4.78, 5) is 22.5. The fraction of sp³-hybridized carbons (Fsp3) is 0.800. The Morgan fingerprint density at radius 3 is 2.60 bits per heavy atom. The molecule has 0 aliphatic heterocycles. The number of hydrogen-bond donors (Lipinski definition) is 3. The molecular formula is C10H19N3O2. The van der Waals surface area contributed by atoms with Crippen LogP contribution in [-0.2, 0) is 9.59 Å². The first-order valence-electron chi connectivity index (χ1n) is 5.38. The Balaban J connectivity index is 2.06. The van der Waals surface area contributed by atoms with Crippen LogP contribution in [0.4, 0.5) is 0 Å². The molecule has 4 N–H and O–H groups in total. The standard InChI is InChI=1S/C10H19N3O2/c1-7(5-11)4-9(14)12-6-10(15)13-8-2-3-8/h7-8H,2-6,11H2,1H3,(H,12,14)(H,13,15). The van der Waals surface area contributed by atoms with Crippen LogP contribution in [0.2, 0.25) is 0 Å². The highest BCUT2D eigenvalue weighted by Crippen LogP contribution is 2.18. The molecule has 1 atom stereocenters. The summed E-state index contributed by atoms with van der Waals surface area (Å²) in [6.07, 6.45) is 2.50. The monoisotopic (exact) mass is 213 g/mol. The van der Waals surface area contributed by atoms with E-state index in [1.807, 2.05) is 6.92 Å². The smallest absolute Gasteiger partial charge is 0.239 e. The van der Waals surface area contributed by atoms with Crippen molar-refractivity contribution in [3.8, 4) is 0 Å². The summed E-state index contributed by atoms with van der Waals surface area (Å²) in [6, 6.07) is 0.345. The van der Waals surface area contributed by atoms with E-state index in [-0.39, 0.29) is 24.3 Å². The van der Waals surface area contributed by atoms with Crippen molar-refractivity contribution < 1.29 is 9.59 Å². The molecule has 1 aliphatic rings. The molecule has 0 spiro atoms. The van der Waals surface area contributed by atoms with E-state index in [2.05, 4.69) is 10.6 Å². The van der Waals surface area contributed by atoms with Gasteiger partial charge in [0, 0.05) is 12.5 Å². The van der Waals surface area contributed by atoms with Crippen molar-refractivity contribution in [2.75, 3.05) is 13.1 Å². The SMILES string of the molecule is CC(CN)CC(=O)NCC(=O)NC1CC1. The lowest BCUT2D eigenvalue weighted by Gasteiger charge is -2.09. The summed E-state index contributed by atoms with van der Waals surface area (Å²) >= 11 is 0. The van der Waals surface area contributed by atoms with Crippen molar-refractivity contribution in [2.45, 2.75) is 32.2 Å². The molecule has 1 unspecified atom stereocenters. The lowest BCUT2D eigenvalue weighted by Crippen LogP contribution is -2.38. The number of nitrogens with one attached hydrogen (secondary N) is 2. The van der Waals surface area contributed by atoms with Gasteiger partial charge in [0.15, 0.2) is 0 Å². The summed E-state index contributed by atoms with van der Waals surface area (Å²) < 4.78 is 0. The fourth-order valence-electron chi connectivity index (χ4n) is 1.16. The highest BCUT2D eigenvalue weighted by Gasteiger charge is 2.23. The van der Waals surface area contributed by atoms with Gasteiger partial charge in [-0.25, -0.2) is 0 Å². The molecule has 1 rings (SSSR count). The molecule has 0 aromatic rings. The lowest BCUT2D eigenvalue weighted by atomic mass is 10.1. The van der Waals surface area contributed by atoms with Gasteiger partial charge in [0.25, 0.3) is 0 Å². The molecule has 5 heteroatoms. The molecule has 1 fully saturated rings. The number of rotatable bonds is 6. The van der Waals surface area contributed by atoms with Gasteiger partial charge in [0.2, 0.25) is 11.8 Å². The molecule has 0 radical (unpaired) electrons. The number of carbonyl (C=O) groups is 2. The van der Waals surface area contributed by atoms with Crippen LogP contribution in [0.1, 0.15) is 26.2 Å². The average molecular weight is 213 g/mol. The third kappa shape index (κ3) is 5.37. The third-order valence-corrected chi connectivity index (χ3v) is 2.32. The number of amides is 2. The molecular weight excluding hydrogens is 194 g/mol. The molecule has 86 valence electrons. The van der Waals surface area contributed by atoms with Crippen LogP contribution in [0.25, 0.3) is 0 Å². The van der Waals surface area contributed by atoms with Crippen LogP contribution in [-0.4, -0.2) is 30.9 Å². The molecule has 0 bridgehead atoms. The molecule has 0 saturated heterocycles. The summed E-state index contributed by atoms with van der Waals surface area (Å²) in [5, 5.41) is 5.37. The Kier molecular flexibility index (Phi) is 4.55. The number of carbonyl (C=O) groups excluding carboxylic acids is 2. The Morgan fingerprint density at radius 2 is 2.07 bits per heavy atom. The normalized spacial score (nSPS) is 16.9. The van der Waals surface area contributed by atoms with Crippen molar-refractivity contribution in [3.63, 3.8) is 0 Å². The minimum absolute atomic E-state index is 0.0760. The summed E-state index contributed by atoms with van der Waals surface area (Å²) in [5.41, 5.74) is 5.39. The Morgan fingerprint density at radius 1 is 1.40 bits per heavy atom. The molecule has 0 heterocycles. The van der Waals surface area contributed by atoms with Crippen LogP contribution in [0.15, 0.2) is 0 Å². The average Bonchev–Trinajstić information content (AvgIpc) is 2.98. The minimum atomic E-state index is -0.112. The van der Waals surface area contributed by atoms with Gasteiger partial charge < -0.3 is 16.4 Å². The van der Waals surface area contributed by atoms with E-state index in [1.54, 1.807) is 0 Å². The quantitative estimate of drug-likeness (QED) is 0.549. The molecule has 0 aromatic carbocycles. The van der Waals surface area contributed by atoms with Crippen molar-refractivity contribution in [3.05, 3.63) is 0 Å². The number of hydrogen-bond acceptors (Lipinski definition) is 3. The minimum Gasteiger partial charge on any atom is -0.352 e. The first-order valence-corrected chi connectivity index (χ1v) is 5.38. The van der Waals surface area contributed by atoms with E-state index in [9.17, 15) is 9.59 Å². The Labute approximate surface area is 89.8 Å². The lowest BCUT2D eigenvalue weighted by molar-refractivity contribution is -0.126. The molecule has 2 amide bonds. The zero-order valence-corrected chi connectivity index (χ0v) is 9.08. The van der Waals surface area contributed by atoms with E-state index in [0.717, 1.165) is 12.8 Å². The van der Waals surface area contributed by atoms with Gasteiger partial charge in [-0.3, -0.25) is 9.59 Å². The zero-order valence-electron chi connectivity index (χ0n) is 9.08. The van der Waals surface area contributed by atoms with Gasteiger partial charge in [-0.05, 0) is 25.3 Å². The first kappa shape index (κ1) is 12.0. The van der Waals surface area contributed by atoms with Crippen LogP contribution in [0, 0.1) is 5.92 Å². The van der Waals surface area contributed by atoms with Crippen molar-refractivity contribution in [2.24, 2.45) is 11.7 Å². The highest BCUT2D eigenvalue weighted by molar-refractivity contribution is 5.85. The summed E-state index contributed by atoms with van der Waals surface area (Å²) in [5.74, 6) is -0.0540. The maximum Gasteiger partial charge on any atom is 0.239 e. The zero-order chi connectivity index (χ0) is 11.3. The van der Waals surface area contributed by atoms with Crippen LogP contribution in [0.3, 0.4) is 0 Å². The van der Waals surface area contributed by atoms with Gasteiger partial charge in [-0.2, -0.15) is 0 Å². The second-order valence-electron chi connectivity index (χ2n) is 4.16. The largest absolute Gasteiger partial charge is 0.352 e. The summed E-state index contributed by atoms with van der Waals surface area (Å²) in [6.45, 7) is 2.47. The fourth-order valence-corrected chi connectivity index (χ4v) is 1.16. The van der Waals surface area contributed by atoms with Gasteiger partial charge in [0.05, 0.1) is 6.54 Å². The van der Waals surface area contributed by atoms with Gasteiger partial charge >= 0.3 is 0 Å². The molecule has 15 heavy (non-hydrogen) atoms. The van der Waals surface area contributed by atoms with Crippen LogP contribution in [0.5, 0.6) is 0 Å². The molecule has 5 nitrogen and oxygen atoms in total. The highest BCUT2D eigenvalue weighted by atomic mass is 16.2. The van der Waals surface area contributed by atoms with E-state index < -0.39 is 0 Å². The van der Waals surface area contributed by atoms with E-state index in [4.69, 9.17) is 5.73 Å². The Hall–Kier alpha value is -1.10. The van der Waals surface area contributed by atoms with Gasteiger partial charge in [-0.15, -0.1) is 0 Å². The predicted molar refractivity (Wildman–Crippen MR) is 57.0 cm³/mol. The van der Waals surface area contributed by atoms with E-state index >= 15 is 0 Å². The predicted octanol–water partition coefficient (Wildman–Crippen LogP) is -0.634. The molecule has 1 aliphatic carbocycles.